The monoisotopic (exact) mass is 468 g/mol. The first-order valence-electron chi connectivity index (χ1n) is 11.2. The number of aryl methyl sites for hydroxylation is 1. The van der Waals surface area contributed by atoms with Gasteiger partial charge in [0.1, 0.15) is 6.04 Å². The van der Waals surface area contributed by atoms with Gasteiger partial charge in [-0.3, -0.25) is 9.59 Å². The number of nitrogens with zero attached hydrogens (tertiary/aromatic N) is 2. The van der Waals surface area contributed by atoms with Gasteiger partial charge in [0.05, 0.1) is 13.1 Å². The first kappa shape index (κ1) is 24.2. The molecule has 4 nitrogen and oxygen atoms in total. The first-order valence-corrected chi connectivity index (χ1v) is 12.9. The van der Waals surface area contributed by atoms with Crippen LogP contribution in [0.1, 0.15) is 47.9 Å². The molecule has 0 fully saturated rings. The number of hydrogen-bond donors (Lipinski definition) is 0. The van der Waals surface area contributed by atoms with Crippen LogP contribution in [0.3, 0.4) is 0 Å². The summed E-state index contributed by atoms with van der Waals surface area (Å²) in [5, 5.41) is 4.07. The second-order valence-electron chi connectivity index (χ2n) is 8.08. The molecule has 0 saturated heterocycles. The molecule has 0 N–H and O–H groups in total. The maximum absolute atomic E-state index is 13.7. The number of hydrogen-bond acceptors (Lipinski definition) is 4. The van der Waals surface area contributed by atoms with Gasteiger partial charge in [-0.2, -0.15) is 0 Å². The molecular weight excluding hydrogens is 436 g/mol. The van der Waals surface area contributed by atoms with Crippen molar-refractivity contribution >= 4 is 34.5 Å². The molecule has 2 heterocycles. The van der Waals surface area contributed by atoms with Gasteiger partial charge in [0.15, 0.2) is 0 Å². The zero-order valence-electron chi connectivity index (χ0n) is 18.9. The summed E-state index contributed by atoms with van der Waals surface area (Å²) in [7, 11) is 1.75. The lowest BCUT2D eigenvalue weighted by Crippen LogP contribution is -2.48. The van der Waals surface area contributed by atoms with Gasteiger partial charge < -0.3 is 9.80 Å². The smallest absolute Gasteiger partial charge is 0.246 e. The predicted molar refractivity (Wildman–Crippen MR) is 134 cm³/mol. The van der Waals surface area contributed by atoms with Crippen LogP contribution < -0.4 is 0 Å². The Morgan fingerprint density at radius 2 is 1.47 bits per heavy atom. The van der Waals surface area contributed by atoms with Crippen molar-refractivity contribution in [3.8, 4) is 0 Å². The number of carbonyl (C=O) groups excluding carboxylic acids is 2. The zero-order valence-corrected chi connectivity index (χ0v) is 20.5. The summed E-state index contributed by atoms with van der Waals surface area (Å²) in [6, 6.07) is 18.2. The molecule has 0 bridgehead atoms. The molecule has 0 aliphatic carbocycles. The lowest BCUT2D eigenvalue weighted by molar-refractivity contribution is -0.144. The third-order valence-electron chi connectivity index (χ3n) is 5.70. The Balaban J connectivity index is 1.64. The second-order valence-corrected chi connectivity index (χ2v) is 10.1. The van der Waals surface area contributed by atoms with Gasteiger partial charge in [-0.1, -0.05) is 55.3 Å². The van der Waals surface area contributed by atoms with E-state index in [1.54, 1.807) is 41.5 Å². The summed E-state index contributed by atoms with van der Waals surface area (Å²) >= 11 is 3.32. The molecule has 2 amide bonds. The third-order valence-corrected chi connectivity index (χ3v) is 7.42. The zero-order chi connectivity index (χ0) is 22.8. The maximum atomic E-state index is 13.7. The van der Waals surface area contributed by atoms with Crippen LogP contribution in [0.25, 0.3) is 0 Å². The molecule has 2 aromatic heterocycles. The van der Waals surface area contributed by atoms with Crippen LogP contribution in [-0.2, 0) is 29.1 Å². The second kappa shape index (κ2) is 12.6. The van der Waals surface area contributed by atoms with Crippen LogP contribution in [0.4, 0.5) is 0 Å². The largest absolute Gasteiger partial charge is 0.334 e. The minimum Gasteiger partial charge on any atom is -0.334 e. The molecule has 1 atom stereocenters. The normalized spacial score (nSPS) is 11.8. The number of likely N-dealkylation sites (N-methyl/N-ethyl adjacent to an activating group) is 1. The first-order chi connectivity index (χ1) is 15.5. The average Bonchev–Trinajstić information content (AvgIpc) is 3.50. The molecule has 32 heavy (non-hydrogen) atoms. The minimum atomic E-state index is -0.427. The standard InChI is InChI=1S/C26H32N2O2S2/c1-21(29)27(2)25(16-8-4-7-13-22-11-5-3-6-12-22)26(30)28(19-23-14-9-17-31-23)20-24-15-10-18-32-24/h3,5-6,9-12,14-15,17-18,25H,4,7-8,13,16,19-20H2,1-2H3/t25-/m0/s1. The summed E-state index contributed by atoms with van der Waals surface area (Å²) in [6.07, 6.45) is 4.79. The van der Waals surface area contributed by atoms with Crippen molar-refractivity contribution < 1.29 is 9.59 Å². The van der Waals surface area contributed by atoms with E-state index in [0.717, 1.165) is 35.4 Å². The third kappa shape index (κ3) is 7.31. The minimum absolute atomic E-state index is 0.0348. The molecule has 0 saturated carbocycles. The van der Waals surface area contributed by atoms with Crippen molar-refractivity contribution in [1.82, 2.24) is 9.80 Å². The van der Waals surface area contributed by atoms with E-state index in [9.17, 15) is 9.59 Å². The van der Waals surface area contributed by atoms with Crippen molar-refractivity contribution in [2.75, 3.05) is 7.05 Å². The molecule has 3 aromatic rings. The Morgan fingerprint density at radius 1 is 0.844 bits per heavy atom. The van der Waals surface area contributed by atoms with Crippen LogP contribution >= 0.6 is 22.7 Å². The highest BCUT2D eigenvalue weighted by atomic mass is 32.1. The quantitative estimate of drug-likeness (QED) is 0.306. The molecule has 170 valence electrons. The lowest BCUT2D eigenvalue weighted by atomic mass is 10.0. The average molecular weight is 469 g/mol. The summed E-state index contributed by atoms with van der Waals surface area (Å²) in [6.45, 7) is 2.69. The maximum Gasteiger partial charge on any atom is 0.246 e. The summed E-state index contributed by atoms with van der Waals surface area (Å²) < 4.78 is 0. The number of thiophene rings is 2. The molecule has 3 rings (SSSR count). The lowest BCUT2D eigenvalue weighted by Gasteiger charge is -2.32. The summed E-state index contributed by atoms with van der Waals surface area (Å²) in [5.74, 6) is -0.0348. The van der Waals surface area contributed by atoms with Crippen molar-refractivity contribution in [2.24, 2.45) is 0 Å². The highest BCUT2D eigenvalue weighted by Gasteiger charge is 2.29. The van der Waals surface area contributed by atoms with Crippen LogP contribution in [-0.4, -0.2) is 34.7 Å². The molecule has 0 radical (unpaired) electrons. The molecule has 0 aliphatic rings. The Hall–Kier alpha value is -2.44. The topological polar surface area (TPSA) is 40.6 Å². The van der Waals surface area contributed by atoms with Crippen LogP contribution in [0, 0.1) is 0 Å². The Morgan fingerprint density at radius 3 is 2.00 bits per heavy atom. The Kier molecular flexibility index (Phi) is 9.50. The van der Waals surface area contributed by atoms with E-state index in [1.165, 1.54) is 5.56 Å². The van der Waals surface area contributed by atoms with E-state index in [1.807, 2.05) is 33.9 Å². The molecule has 0 spiro atoms. The van der Waals surface area contributed by atoms with E-state index in [0.29, 0.717) is 19.5 Å². The molecular formula is C26H32N2O2S2. The predicted octanol–water partition coefficient (Wildman–Crippen LogP) is 5.99. The molecule has 0 unspecified atom stereocenters. The SMILES string of the molecule is CC(=O)N(C)[C@@H](CCCCCc1ccccc1)C(=O)N(Cc1cccs1)Cc1cccs1. The molecule has 6 heteroatoms. The highest BCUT2D eigenvalue weighted by molar-refractivity contribution is 7.10. The van der Waals surface area contributed by atoms with Gasteiger partial charge in [-0.15, -0.1) is 22.7 Å². The van der Waals surface area contributed by atoms with Gasteiger partial charge in [0.2, 0.25) is 11.8 Å². The van der Waals surface area contributed by atoms with E-state index in [4.69, 9.17) is 0 Å². The number of benzene rings is 1. The molecule has 0 aliphatic heterocycles. The highest BCUT2D eigenvalue weighted by Crippen LogP contribution is 2.21. The van der Waals surface area contributed by atoms with E-state index in [-0.39, 0.29) is 11.8 Å². The fourth-order valence-electron chi connectivity index (χ4n) is 3.79. The Labute approximate surface area is 199 Å². The van der Waals surface area contributed by atoms with Crippen molar-refractivity contribution in [3.05, 3.63) is 80.7 Å². The Bertz CT molecular complexity index is 903. The van der Waals surface area contributed by atoms with Gasteiger partial charge in [-0.25, -0.2) is 0 Å². The van der Waals surface area contributed by atoms with Crippen LogP contribution in [0.2, 0.25) is 0 Å². The van der Waals surface area contributed by atoms with E-state index < -0.39 is 6.04 Å². The number of amides is 2. The van der Waals surface area contributed by atoms with Crippen molar-refractivity contribution in [3.63, 3.8) is 0 Å². The van der Waals surface area contributed by atoms with Gasteiger partial charge in [0, 0.05) is 23.7 Å². The van der Waals surface area contributed by atoms with Gasteiger partial charge in [0.25, 0.3) is 0 Å². The fraction of sp³-hybridized carbons (Fsp3) is 0.385. The van der Waals surface area contributed by atoms with Gasteiger partial charge in [-0.05, 0) is 47.7 Å². The van der Waals surface area contributed by atoms with E-state index >= 15 is 0 Å². The van der Waals surface area contributed by atoms with E-state index in [2.05, 4.69) is 36.4 Å². The van der Waals surface area contributed by atoms with Crippen molar-refractivity contribution in [2.45, 2.75) is 58.2 Å². The van der Waals surface area contributed by atoms with Gasteiger partial charge >= 0.3 is 0 Å². The number of carbonyl (C=O) groups is 2. The molecule has 1 aromatic carbocycles. The summed E-state index contributed by atoms with van der Waals surface area (Å²) in [4.78, 5) is 31.7. The van der Waals surface area contributed by atoms with Crippen LogP contribution in [0.15, 0.2) is 65.4 Å². The number of rotatable bonds is 12. The van der Waals surface area contributed by atoms with Crippen LogP contribution in [0.5, 0.6) is 0 Å². The number of unbranched alkanes of at least 4 members (excludes halogenated alkanes) is 2. The summed E-state index contributed by atoms with van der Waals surface area (Å²) in [5.41, 5.74) is 1.35. The van der Waals surface area contributed by atoms with Crippen molar-refractivity contribution in [1.29, 1.82) is 0 Å². The fourth-order valence-corrected chi connectivity index (χ4v) is 5.23.